The van der Waals surface area contributed by atoms with Crippen LogP contribution in [0.2, 0.25) is 0 Å². The molecule has 2 heterocycles. The van der Waals surface area contributed by atoms with Crippen LogP contribution in [0.1, 0.15) is 55.2 Å². The minimum atomic E-state index is -0.975. The van der Waals surface area contributed by atoms with E-state index in [2.05, 4.69) is 11.9 Å². The second kappa shape index (κ2) is 7.11. The number of hydrogen-bond donors (Lipinski definition) is 1. The molecule has 1 N–H and O–H groups in total. The maximum atomic E-state index is 11.3. The Kier molecular flexibility index (Phi) is 5.20. The fourth-order valence-electron chi connectivity index (χ4n) is 2.41. The molecule has 0 aromatic carbocycles. The Morgan fingerprint density at radius 2 is 2.10 bits per heavy atom. The maximum absolute atomic E-state index is 11.3. The van der Waals surface area contributed by atoms with E-state index in [4.69, 9.17) is 4.74 Å². The van der Waals surface area contributed by atoms with Crippen molar-refractivity contribution in [3.8, 4) is 5.75 Å². The van der Waals surface area contributed by atoms with Crippen LogP contribution < -0.4 is 4.74 Å². The topological polar surface area (TPSA) is 63.8 Å². The molecule has 0 aliphatic heterocycles. The fraction of sp³-hybridized carbons (Fsp3) is 0.500. The third-order valence-electron chi connectivity index (χ3n) is 3.50. The van der Waals surface area contributed by atoms with Gasteiger partial charge in [0.05, 0.1) is 12.3 Å². The Hall–Kier alpha value is -2.04. The highest BCUT2D eigenvalue weighted by Gasteiger charge is 2.17. The molecular weight excluding hydrogens is 268 g/mol. The van der Waals surface area contributed by atoms with Crippen molar-refractivity contribution in [1.82, 2.24) is 9.38 Å². The van der Waals surface area contributed by atoms with Gasteiger partial charge in [-0.15, -0.1) is 0 Å². The van der Waals surface area contributed by atoms with Gasteiger partial charge in [-0.2, -0.15) is 0 Å². The summed E-state index contributed by atoms with van der Waals surface area (Å²) in [4.78, 5) is 15.6. The molecule has 0 aliphatic carbocycles. The molecule has 0 fully saturated rings. The third-order valence-corrected chi connectivity index (χ3v) is 3.50. The second-order valence-electron chi connectivity index (χ2n) is 5.18. The summed E-state index contributed by atoms with van der Waals surface area (Å²) in [6.45, 7) is 4.53. The zero-order chi connectivity index (χ0) is 15.2. The molecule has 2 aromatic heterocycles. The van der Waals surface area contributed by atoms with E-state index in [9.17, 15) is 9.90 Å². The normalized spacial score (nSPS) is 11.0. The first-order valence-corrected chi connectivity index (χ1v) is 7.49. The molecule has 0 spiro atoms. The highest BCUT2D eigenvalue weighted by Crippen LogP contribution is 2.22. The summed E-state index contributed by atoms with van der Waals surface area (Å²) in [6.07, 6.45) is 7.59. The lowest BCUT2D eigenvalue weighted by Crippen LogP contribution is -2.04. The predicted molar refractivity (Wildman–Crippen MR) is 81.1 cm³/mol. The number of unbranched alkanes of at least 4 members (excludes halogenated alkanes) is 4. The number of fused-ring (bicyclic) bond motifs is 1. The van der Waals surface area contributed by atoms with Crippen molar-refractivity contribution in [3.63, 3.8) is 0 Å². The second-order valence-corrected chi connectivity index (χ2v) is 5.18. The minimum absolute atomic E-state index is 0.193. The monoisotopic (exact) mass is 290 g/mol. The van der Waals surface area contributed by atoms with Gasteiger partial charge < -0.3 is 9.84 Å². The quantitative estimate of drug-likeness (QED) is 0.753. The third kappa shape index (κ3) is 3.54. The average molecular weight is 290 g/mol. The van der Waals surface area contributed by atoms with Crippen molar-refractivity contribution in [3.05, 3.63) is 29.7 Å². The summed E-state index contributed by atoms with van der Waals surface area (Å²) >= 11 is 0. The summed E-state index contributed by atoms with van der Waals surface area (Å²) in [7, 11) is 0. The number of rotatable bonds is 8. The number of carboxylic acids is 1. The van der Waals surface area contributed by atoms with Gasteiger partial charge >= 0.3 is 5.97 Å². The molecule has 2 aromatic rings. The van der Waals surface area contributed by atoms with Crippen LogP contribution in [0.5, 0.6) is 5.75 Å². The minimum Gasteiger partial charge on any atom is -0.490 e. The SMILES string of the molecule is CCCCCCCOc1cccn2c(C(=O)O)c(C)nc12. The molecule has 0 aliphatic rings. The number of nitrogens with zero attached hydrogens (tertiary/aromatic N) is 2. The molecule has 21 heavy (non-hydrogen) atoms. The zero-order valence-electron chi connectivity index (χ0n) is 12.6. The lowest BCUT2D eigenvalue weighted by molar-refractivity contribution is 0.0688. The van der Waals surface area contributed by atoms with Crippen LogP contribution in [0.4, 0.5) is 0 Å². The Bertz CT molecular complexity index is 619. The largest absolute Gasteiger partial charge is 0.490 e. The number of imidazole rings is 1. The first kappa shape index (κ1) is 15.4. The number of aryl methyl sites for hydroxylation is 1. The van der Waals surface area contributed by atoms with Crippen LogP contribution in [0.15, 0.2) is 18.3 Å². The smallest absolute Gasteiger partial charge is 0.354 e. The van der Waals surface area contributed by atoms with Gasteiger partial charge in [0.15, 0.2) is 17.1 Å². The first-order valence-electron chi connectivity index (χ1n) is 7.49. The van der Waals surface area contributed by atoms with Gasteiger partial charge in [-0.3, -0.25) is 4.40 Å². The number of aromatic carboxylic acids is 1. The molecule has 5 nitrogen and oxygen atoms in total. The molecule has 0 atom stereocenters. The van der Waals surface area contributed by atoms with Crippen LogP contribution in [-0.4, -0.2) is 27.1 Å². The molecule has 0 bridgehead atoms. The molecule has 0 saturated heterocycles. The highest BCUT2D eigenvalue weighted by atomic mass is 16.5. The van der Waals surface area contributed by atoms with Crippen LogP contribution in [0, 0.1) is 6.92 Å². The highest BCUT2D eigenvalue weighted by molar-refractivity contribution is 5.88. The van der Waals surface area contributed by atoms with E-state index in [-0.39, 0.29) is 5.69 Å². The number of carbonyl (C=O) groups is 1. The molecular formula is C16H22N2O3. The Balaban J connectivity index is 2.07. The Morgan fingerprint density at radius 1 is 1.33 bits per heavy atom. The first-order chi connectivity index (χ1) is 10.1. The lowest BCUT2D eigenvalue weighted by Gasteiger charge is -2.07. The average Bonchev–Trinajstić information content (AvgIpc) is 2.79. The van der Waals surface area contributed by atoms with Crippen molar-refractivity contribution in [2.24, 2.45) is 0 Å². The van der Waals surface area contributed by atoms with Crippen LogP contribution in [0.3, 0.4) is 0 Å². The summed E-state index contributed by atoms with van der Waals surface area (Å²) in [5, 5.41) is 9.24. The van der Waals surface area contributed by atoms with Crippen molar-refractivity contribution in [2.45, 2.75) is 46.0 Å². The van der Waals surface area contributed by atoms with E-state index >= 15 is 0 Å². The lowest BCUT2D eigenvalue weighted by atomic mass is 10.2. The van der Waals surface area contributed by atoms with E-state index in [0.29, 0.717) is 23.7 Å². The van der Waals surface area contributed by atoms with Gasteiger partial charge in [0.25, 0.3) is 0 Å². The van der Waals surface area contributed by atoms with Crippen molar-refractivity contribution in [2.75, 3.05) is 6.61 Å². The van der Waals surface area contributed by atoms with Gasteiger partial charge in [-0.1, -0.05) is 32.6 Å². The summed E-state index contributed by atoms with van der Waals surface area (Å²) in [6, 6.07) is 3.62. The molecule has 0 amide bonds. The standard InChI is InChI=1S/C16H22N2O3/c1-3-4-5-6-7-11-21-13-9-8-10-18-14(16(19)20)12(2)17-15(13)18/h8-10H,3-7,11H2,1-2H3,(H,19,20). The summed E-state index contributed by atoms with van der Waals surface area (Å²) in [5.41, 5.74) is 1.26. The molecule has 0 unspecified atom stereocenters. The van der Waals surface area contributed by atoms with E-state index in [1.807, 2.05) is 6.07 Å². The number of aromatic nitrogens is 2. The van der Waals surface area contributed by atoms with Gasteiger partial charge in [0.1, 0.15) is 0 Å². The van der Waals surface area contributed by atoms with Gasteiger partial charge in [0.2, 0.25) is 0 Å². The number of carboxylic acid groups (broad SMARTS) is 1. The van der Waals surface area contributed by atoms with E-state index in [1.165, 1.54) is 19.3 Å². The maximum Gasteiger partial charge on any atom is 0.354 e. The molecule has 0 radical (unpaired) electrons. The molecule has 5 heteroatoms. The summed E-state index contributed by atoms with van der Waals surface area (Å²) in [5.74, 6) is -0.333. The number of ether oxygens (including phenoxy) is 1. The van der Waals surface area contributed by atoms with E-state index in [1.54, 1.807) is 23.6 Å². The Morgan fingerprint density at radius 3 is 2.81 bits per heavy atom. The van der Waals surface area contributed by atoms with Crippen molar-refractivity contribution >= 4 is 11.6 Å². The Labute approximate surface area is 124 Å². The van der Waals surface area contributed by atoms with Crippen LogP contribution in [0.25, 0.3) is 5.65 Å². The predicted octanol–water partition coefficient (Wildman–Crippen LogP) is 3.69. The molecule has 2 rings (SSSR count). The van der Waals surface area contributed by atoms with Gasteiger partial charge in [-0.25, -0.2) is 9.78 Å². The fourth-order valence-corrected chi connectivity index (χ4v) is 2.41. The van der Waals surface area contributed by atoms with Gasteiger partial charge in [0, 0.05) is 6.20 Å². The molecule has 0 saturated carbocycles. The van der Waals surface area contributed by atoms with E-state index in [0.717, 1.165) is 12.8 Å². The number of hydrogen-bond acceptors (Lipinski definition) is 3. The van der Waals surface area contributed by atoms with Crippen molar-refractivity contribution < 1.29 is 14.6 Å². The van der Waals surface area contributed by atoms with Crippen molar-refractivity contribution in [1.29, 1.82) is 0 Å². The summed E-state index contributed by atoms with van der Waals surface area (Å²) < 4.78 is 7.34. The number of pyridine rings is 1. The van der Waals surface area contributed by atoms with Crippen LogP contribution in [-0.2, 0) is 0 Å². The van der Waals surface area contributed by atoms with Gasteiger partial charge in [-0.05, 0) is 25.5 Å². The zero-order valence-corrected chi connectivity index (χ0v) is 12.6. The van der Waals surface area contributed by atoms with Crippen LogP contribution >= 0.6 is 0 Å². The molecule has 114 valence electrons. The van der Waals surface area contributed by atoms with E-state index < -0.39 is 5.97 Å².